The zero-order valence-corrected chi connectivity index (χ0v) is 46.5. The van der Waals surface area contributed by atoms with Gasteiger partial charge in [-0.05, 0) is 116 Å². The molecule has 0 aliphatic rings. The lowest BCUT2D eigenvalue weighted by Gasteiger charge is -2.24. The Kier molecular flexibility index (Phi) is 50.0. The molecule has 2 unspecified atom stereocenters. The van der Waals surface area contributed by atoms with Gasteiger partial charge in [0.2, 0.25) is 0 Å². The van der Waals surface area contributed by atoms with E-state index < -0.39 is 13.9 Å². The van der Waals surface area contributed by atoms with Crippen LogP contribution in [0.2, 0.25) is 0 Å². The van der Waals surface area contributed by atoms with E-state index in [0.29, 0.717) is 24.1 Å². The van der Waals surface area contributed by atoms with Gasteiger partial charge in [-0.1, -0.05) is 205 Å². The molecule has 0 fully saturated rings. The van der Waals surface area contributed by atoms with Crippen LogP contribution in [0.5, 0.6) is 0 Å². The number of esters is 1. The number of hydrogen-bond acceptors (Lipinski definition) is 6. The van der Waals surface area contributed by atoms with Gasteiger partial charge in [0.25, 0.3) is 0 Å². The summed E-state index contributed by atoms with van der Waals surface area (Å²) in [5, 5.41) is 0. The minimum absolute atomic E-state index is 0.0716. The highest BCUT2D eigenvalue weighted by Crippen LogP contribution is 2.43. The Labute approximate surface area is 436 Å². The van der Waals surface area contributed by atoms with Crippen LogP contribution in [0.15, 0.2) is 146 Å². The molecule has 0 amide bonds. The van der Waals surface area contributed by atoms with Crippen molar-refractivity contribution >= 4 is 13.8 Å². The van der Waals surface area contributed by atoms with E-state index >= 15 is 0 Å². The highest BCUT2D eigenvalue weighted by Gasteiger charge is 2.26. The quantitative estimate of drug-likeness (QED) is 0.0213. The van der Waals surface area contributed by atoms with Crippen molar-refractivity contribution < 1.29 is 37.3 Å². The Morgan fingerprint density at radius 2 is 0.775 bits per heavy atom. The summed E-state index contributed by atoms with van der Waals surface area (Å²) in [6.45, 7) is 5.29. The Balaban J connectivity index is 4.25. The zero-order chi connectivity index (χ0) is 51.9. The first-order chi connectivity index (χ1) is 34.6. The number of unbranched alkanes of at least 4 members (excludes halogenated alkanes) is 11. The summed E-state index contributed by atoms with van der Waals surface area (Å²) in [6, 6.07) is 0. The summed E-state index contributed by atoms with van der Waals surface area (Å²) in [5.74, 6) is -0.342. The number of likely N-dealkylation sites (N-methyl/N-ethyl adjacent to an activating group) is 1. The second kappa shape index (κ2) is 52.7. The van der Waals surface area contributed by atoms with Crippen molar-refractivity contribution in [3.63, 3.8) is 0 Å². The second-order valence-corrected chi connectivity index (χ2v) is 20.3. The Morgan fingerprint density at radius 1 is 0.437 bits per heavy atom. The van der Waals surface area contributed by atoms with Crippen molar-refractivity contribution in [1.29, 1.82) is 0 Å². The van der Waals surface area contributed by atoms with Gasteiger partial charge in [0, 0.05) is 13.0 Å². The van der Waals surface area contributed by atoms with Crippen LogP contribution in [0.25, 0.3) is 0 Å². The standard InChI is InChI=1S/C62H102NO7P/c1-6-8-10-12-14-16-18-20-22-24-26-28-30-32-33-35-37-39-41-43-45-47-49-51-53-55-62(64)70-61(60-69-71(65,66)68-58-56-63(3,4)5)59-67-57-54-52-50-48-46-44-42-40-38-36-34-31-29-27-25-23-21-19-17-15-13-11-9-7-2/h8-11,14-17,20-23,26-29,32-34,36-37,39-40,42,61H,6-7,12-13,18-19,24-25,30-31,35,38,41,43-60H2,1-5H3/p+1/b10-8-,11-9-,16-14-,17-15-,22-20-,23-21-,28-26-,29-27-,33-32-,36-34-,39-37-,42-40-. The van der Waals surface area contributed by atoms with Crippen LogP contribution in [0.1, 0.15) is 181 Å². The second-order valence-electron chi connectivity index (χ2n) is 18.8. The number of carbonyl (C=O) groups excluding carboxylic acids is 1. The molecule has 0 aromatic heterocycles. The van der Waals surface area contributed by atoms with Crippen molar-refractivity contribution in [3.05, 3.63) is 146 Å². The Bertz CT molecular complexity index is 1640. The number of allylic oxidation sites excluding steroid dienone is 24. The van der Waals surface area contributed by atoms with Gasteiger partial charge in [-0.15, -0.1) is 0 Å². The van der Waals surface area contributed by atoms with Crippen molar-refractivity contribution in [2.24, 2.45) is 0 Å². The normalized spacial score (nSPS) is 14.6. The van der Waals surface area contributed by atoms with Gasteiger partial charge in [-0.3, -0.25) is 13.8 Å². The molecule has 1 N–H and O–H groups in total. The van der Waals surface area contributed by atoms with Crippen molar-refractivity contribution in [3.8, 4) is 0 Å². The van der Waals surface area contributed by atoms with Gasteiger partial charge >= 0.3 is 13.8 Å². The summed E-state index contributed by atoms with van der Waals surface area (Å²) in [7, 11) is 1.62. The lowest BCUT2D eigenvalue weighted by Crippen LogP contribution is -2.37. The molecule has 9 heteroatoms. The minimum Gasteiger partial charge on any atom is -0.457 e. The molecule has 0 saturated heterocycles. The highest BCUT2D eigenvalue weighted by molar-refractivity contribution is 7.47. The molecule has 71 heavy (non-hydrogen) atoms. The Morgan fingerprint density at radius 3 is 1.15 bits per heavy atom. The fourth-order valence-electron chi connectivity index (χ4n) is 6.73. The molecule has 402 valence electrons. The predicted molar refractivity (Wildman–Crippen MR) is 306 cm³/mol. The Hall–Kier alpha value is -3.62. The number of hydrogen-bond donors (Lipinski definition) is 1. The monoisotopic (exact) mass is 1000 g/mol. The van der Waals surface area contributed by atoms with Gasteiger partial charge in [0.05, 0.1) is 34.4 Å². The van der Waals surface area contributed by atoms with Crippen LogP contribution in [0.4, 0.5) is 0 Å². The first-order valence-electron chi connectivity index (χ1n) is 27.6. The number of rotatable bonds is 49. The molecular formula is C62H103NO7P+. The molecule has 2 atom stereocenters. The maximum atomic E-state index is 12.8. The van der Waals surface area contributed by atoms with Crippen molar-refractivity contribution in [1.82, 2.24) is 0 Å². The SMILES string of the molecule is CC/C=C\C/C=C\C/C=C\C/C=C\C/C=C\C/C=C\CCCCCCCCC(=O)OC(COCCCCCCC/C=C\C/C=C\C/C=C\C/C=C\C/C=C\C/C=C\CC)COP(=O)(O)OCC[N+](C)(C)C. The predicted octanol–water partition coefficient (Wildman–Crippen LogP) is 17.6. The number of nitrogens with zero attached hydrogens (tertiary/aromatic N) is 1. The molecule has 0 aromatic rings. The first kappa shape index (κ1) is 67.4. The first-order valence-corrected chi connectivity index (χ1v) is 29.1. The molecule has 0 aromatic carbocycles. The number of ether oxygens (including phenoxy) is 2. The smallest absolute Gasteiger partial charge is 0.457 e. The van der Waals surface area contributed by atoms with Gasteiger partial charge in [0.1, 0.15) is 19.3 Å². The summed E-state index contributed by atoms with van der Waals surface area (Å²) in [6.07, 6.45) is 79.0. The van der Waals surface area contributed by atoms with E-state index in [1.165, 1.54) is 25.7 Å². The van der Waals surface area contributed by atoms with Gasteiger partial charge in [-0.25, -0.2) is 4.57 Å². The molecule has 0 spiro atoms. The molecule has 0 heterocycles. The molecule has 0 aliphatic heterocycles. The van der Waals surface area contributed by atoms with Gasteiger partial charge in [-0.2, -0.15) is 0 Å². The molecule has 0 saturated carbocycles. The molecule has 0 aliphatic carbocycles. The fraction of sp³-hybridized carbons (Fsp3) is 0.597. The lowest BCUT2D eigenvalue weighted by molar-refractivity contribution is -0.870. The third kappa shape index (κ3) is 57.2. The van der Waals surface area contributed by atoms with E-state index in [1.54, 1.807) is 0 Å². The van der Waals surface area contributed by atoms with Crippen LogP contribution < -0.4 is 0 Å². The van der Waals surface area contributed by atoms with E-state index in [2.05, 4.69) is 160 Å². The number of phosphoric ester groups is 1. The summed E-state index contributed by atoms with van der Waals surface area (Å²) in [5.41, 5.74) is 0. The van der Waals surface area contributed by atoms with Crippen molar-refractivity contribution in [2.75, 3.05) is 54.1 Å². The van der Waals surface area contributed by atoms with E-state index in [1.807, 2.05) is 21.1 Å². The van der Waals surface area contributed by atoms with E-state index in [-0.39, 0.29) is 25.8 Å². The minimum atomic E-state index is -4.31. The number of carbonyl (C=O) groups is 1. The fourth-order valence-corrected chi connectivity index (χ4v) is 7.48. The van der Waals surface area contributed by atoms with Crippen LogP contribution in [0, 0.1) is 0 Å². The summed E-state index contributed by atoms with van der Waals surface area (Å²) < 4.78 is 35.2. The van der Waals surface area contributed by atoms with Crippen molar-refractivity contribution in [2.45, 2.75) is 187 Å². The largest absolute Gasteiger partial charge is 0.472 e. The number of phosphoric acid groups is 1. The van der Waals surface area contributed by atoms with Crippen LogP contribution in [-0.4, -0.2) is 75.6 Å². The molecule has 0 rings (SSSR count). The molecule has 8 nitrogen and oxygen atoms in total. The van der Waals surface area contributed by atoms with Gasteiger partial charge in [0.15, 0.2) is 0 Å². The molecule has 0 bridgehead atoms. The van der Waals surface area contributed by atoms with E-state index in [0.717, 1.165) is 135 Å². The van der Waals surface area contributed by atoms with Crippen LogP contribution in [-0.2, 0) is 27.9 Å². The number of quaternary nitrogens is 1. The third-order valence-corrected chi connectivity index (χ3v) is 11.9. The lowest BCUT2D eigenvalue weighted by atomic mass is 10.1. The van der Waals surface area contributed by atoms with E-state index in [9.17, 15) is 14.3 Å². The average Bonchev–Trinajstić information content (AvgIpc) is 3.33. The van der Waals surface area contributed by atoms with Crippen LogP contribution in [0.3, 0.4) is 0 Å². The maximum Gasteiger partial charge on any atom is 0.472 e. The summed E-state index contributed by atoms with van der Waals surface area (Å²) in [4.78, 5) is 23.1. The highest BCUT2D eigenvalue weighted by atomic mass is 31.2. The topological polar surface area (TPSA) is 91.3 Å². The van der Waals surface area contributed by atoms with Gasteiger partial charge < -0.3 is 18.9 Å². The van der Waals surface area contributed by atoms with Crippen LogP contribution >= 0.6 is 7.82 Å². The molecule has 0 radical (unpaired) electrons. The van der Waals surface area contributed by atoms with E-state index in [4.69, 9.17) is 18.5 Å². The zero-order valence-electron chi connectivity index (χ0n) is 45.6. The summed E-state index contributed by atoms with van der Waals surface area (Å²) >= 11 is 0. The third-order valence-electron chi connectivity index (χ3n) is 10.9. The maximum absolute atomic E-state index is 12.8. The average molecular weight is 1010 g/mol. The molecular weight excluding hydrogens is 902 g/mol.